The molecule has 3 atom stereocenters. The van der Waals surface area contributed by atoms with Gasteiger partial charge >= 0.3 is 0 Å². The van der Waals surface area contributed by atoms with Crippen LogP contribution < -0.4 is 0 Å². The van der Waals surface area contributed by atoms with Crippen molar-refractivity contribution < 1.29 is 15.1 Å². The minimum Gasteiger partial charge on any atom is -0.396 e. The molecule has 2 saturated heterocycles. The van der Waals surface area contributed by atoms with E-state index in [-0.39, 0.29) is 25.2 Å². The van der Waals surface area contributed by atoms with E-state index in [1.54, 1.807) is 0 Å². The van der Waals surface area contributed by atoms with Gasteiger partial charge in [0.25, 0.3) is 0 Å². The Kier molecular flexibility index (Phi) is 2.83. The zero-order valence-electron chi connectivity index (χ0n) is 7.72. The predicted octanol–water partition coefficient (Wildman–Crippen LogP) is -0.245. The summed E-state index contributed by atoms with van der Waals surface area (Å²) >= 11 is 0. The van der Waals surface area contributed by atoms with Crippen molar-refractivity contribution in [2.24, 2.45) is 5.92 Å². The summed E-state index contributed by atoms with van der Waals surface area (Å²) in [5.41, 5.74) is 0. The van der Waals surface area contributed by atoms with Gasteiger partial charge in [-0.15, -0.1) is 0 Å². The molecular formula is C9H17NO3. The molecule has 0 unspecified atom stereocenters. The van der Waals surface area contributed by atoms with Crippen LogP contribution in [-0.2, 0) is 4.84 Å². The molecule has 2 heterocycles. The van der Waals surface area contributed by atoms with Crippen LogP contribution in [0, 0.1) is 5.92 Å². The first kappa shape index (κ1) is 9.40. The van der Waals surface area contributed by atoms with E-state index in [9.17, 15) is 5.11 Å². The van der Waals surface area contributed by atoms with Gasteiger partial charge in [-0.05, 0) is 12.8 Å². The van der Waals surface area contributed by atoms with Gasteiger partial charge in [0.1, 0.15) is 6.10 Å². The number of aliphatic hydroxyl groups excluding tert-OH is 2. The van der Waals surface area contributed by atoms with Crippen LogP contribution in [-0.4, -0.2) is 47.2 Å². The standard InChI is InChI=1S/C9H17NO3/c11-5-7-8-3-1-2-4-10(8)13-9(7)6-12/h7-9,11-12H,1-6H2/t7-,8+,9-/m1/s1. The second kappa shape index (κ2) is 3.92. The van der Waals surface area contributed by atoms with E-state index in [0.29, 0.717) is 6.04 Å². The van der Waals surface area contributed by atoms with Gasteiger partial charge in [0.2, 0.25) is 0 Å². The molecule has 0 aromatic rings. The molecule has 2 aliphatic rings. The second-order valence-corrected chi connectivity index (χ2v) is 3.88. The lowest BCUT2D eigenvalue weighted by Crippen LogP contribution is -2.37. The first-order valence-electron chi connectivity index (χ1n) is 5.02. The lowest BCUT2D eigenvalue weighted by molar-refractivity contribution is -0.178. The quantitative estimate of drug-likeness (QED) is 0.626. The second-order valence-electron chi connectivity index (χ2n) is 3.88. The van der Waals surface area contributed by atoms with Gasteiger partial charge in [-0.1, -0.05) is 6.42 Å². The SMILES string of the molecule is OC[C@H]1[C@@H](CO)ON2CCCC[C@@H]12. The molecule has 2 fully saturated rings. The highest BCUT2D eigenvalue weighted by atomic mass is 16.7. The first-order valence-corrected chi connectivity index (χ1v) is 5.02. The van der Waals surface area contributed by atoms with Crippen molar-refractivity contribution in [1.82, 2.24) is 5.06 Å². The van der Waals surface area contributed by atoms with E-state index in [1.165, 1.54) is 6.42 Å². The number of hydroxylamine groups is 2. The molecule has 0 spiro atoms. The number of hydrogen-bond acceptors (Lipinski definition) is 4. The summed E-state index contributed by atoms with van der Waals surface area (Å²) < 4.78 is 0. The number of nitrogens with zero attached hydrogens (tertiary/aromatic N) is 1. The van der Waals surface area contributed by atoms with E-state index in [4.69, 9.17) is 9.94 Å². The van der Waals surface area contributed by atoms with Gasteiger partial charge in [-0.2, -0.15) is 5.06 Å². The monoisotopic (exact) mass is 187 g/mol. The number of aliphatic hydroxyl groups is 2. The van der Waals surface area contributed by atoms with Gasteiger partial charge in [0.05, 0.1) is 13.2 Å². The highest BCUT2D eigenvalue weighted by Crippen LogP contribution is 2.33. The highest BCUT2D eigenvalue weighted by Gasteiger charge is 2.43. The lowest BCUT2D eigenvalue weighted by atomic mass is 9.90. The van der Waals surface area contributed by atoms with Crippen LogP contribution >= 0.6 is 0 Å². The summed E-state index contributed by atoms with van der Waals surface area (Å²) in [5, 5.41) is 20.2. The van der Waals surface area contributed by atoms with Gasteiger partial charge in [-0.3, -0.25) is 4.84 Å². The van der Waals surface area contributed by atoms with Crippen molar-refractivity contribution in [3.05, 3.63) is 0 Å². The third kappa shape index (κ3) is 1.59. The largest absolute Gasteiger partial charge is 0.396 e. The summed E-state index contributed by atoms with van der Waals surface area (Å²) in [6, 6.07) is 0.330. The maximum absolute atomic E-state index is 9.19. The molecule has 0 aromatic heterocycles. The number of piperidine rings is 1. The van der Waals surface area contributed by atoms with Crippen LogP contribution in [0.5, 0.6) is 0 Å². The minimum atomic E-state index is -0.187. The molecule has 76 valence electrons. The summed E-state index contributed by atoms with van der Waals surface area (Å²) in [6.45, 7) is 1.07. The minimum absolute atomic E-state index is 0.0121. The fourth-order valence-corrected chi connectivity index (χ4v) is 2.40. The van der Waals surface area contributed by atoms with Crippen molar-refractivity contribution >= 4 is 0 Å². The topological polar surface area (TPSA) is 52.9 Å². The Hall–Kier alpha value is -0.160. The Morgan fingerprint density at radius 2 is 2.08 bits per heavy atom. The smallest absolute Gasteiger partial charge is 0.109 e. The highest BCUT2D eigenvalue weighted by molar-refractivity contribution is 4.88. The zero-order valence-corrected chi connectivity index (χ0v) is 7.72. The van der Waals surface area contributed by atoms with Crippen LogP contribution in [0.25, 0.3) is 0 Å². The lowest BCUT2D eigenvalue weighted by Gasteiger charge is -2.29. The molecular weight excluding hydrogens is 170 g/mol. The molecule has 0 radical (unpaired) electrons. The van der Waals surface area contributed by atoms with Crippen molar-refractivity contribution in [2.45, 2.75) is 31.4 Å². The van der Waals surface area contributed by atoms with Crippen LogP contribution in [0.15, 0.2) is 0 Å². The number of hydrogen-bond donors (Lipinski definition) is 2. The van der Waals surface area contributed by atoms with E-state index in [2.05, 4.69) is 0 Å². The Bertz CT molecular complexity index is 172. The van der Waals surface area contributed by atoms with Crippen LogP contribution in [0.1, 0.15) is 19.3 Å². The van der Waals surface area contributed by atoms with Gasteiger partial charge < -0.3 is 10.2 Å². The van der Waals surface area contributed by atoms with Gasteiger partial charge in [0, 0.05) is 18.5 Å². The van der Waals surface area contributed by atoms with Crippen LogP contribution in [0.2, 0.25) is 0 Å². The number of rotatable bonds is 2. The van der Waals surface area contributed by atoms with Crippen LogP contribution in [0.3, 0.4) is 0 Å². The Labute approximate surface area is 78.1 Å². The molecule has 0 bridgehead atoms. The van der Waals surface area contributed by atoms with Crippen LogP contribution in [0.4, 0.5) is 0 Å². The van der Waals surface area contributed by atoms with E-state index in [1.807, 2.05) is 5.06 Å². The Morgan fingerprint density at radius 1 is 1.23 bits per heavy atom. The molecule has 0 amide bonds. The summed E-state index contributed by atoms with van der Waals surface area (Å²) in [7, 11) is 0. The summed E-state index contributed by atoms with van der Waals surface area (Å²) in [6.07, 6.45) is 3.27. The van der Waals surface area contributed by atoms with Crippen molar-refractivity contribution in [1.29, 1.82) is 0 Å². The summed E-state index contributed by atoms with van der Waals surface area (Å²) in [5.74, 6) is 0.102. The first-order chi connectivity index (χ1) is 6.36. The normalized spacial score (nSPS) is 40.6. The van der Waals surface area contributed by atoms with Gasteiger partial charge in [-0.25, -0.2) is 0 Å². The third-order valence-electron chi connectivity index (χ3n) is 3.13. The molecule has 2 aliphatic heterocycles. The van der Waals surface area contributed by atoms with E-state index < -0.39 is 0 Å². The Morgan fingerprint density at radius 3 is 2.77 bits per heavy atom. The molecule has 0 saturated carbocycles. The predicted molar refractivity (Wildman–Crippen MR) is 46.9 cm³/mol. The average Bonchev–Trinajstić information content (AvgIpc) is 2.55. The fourth-order valence-electron chi connectivity index (χ4n) is 2.40. The molecule has 4 nitrogen and oxygen atoms in total. The average molecular weight is 187 g/mol. The van der Waals surface area contributed by atoms with Crippen molar-refractivity contribution in [3.63, 3.8) is 0 Å². The van der Waals surface area contributed by atoms with Crippen molar-refractivity contribution in [2.75, 3.05) is 19.8 Å². The Balaban J connectivity index is 2.05. The van der Waals surface area contributed by atoms with Crippen molar-refractivity contribution in [3.8, 4) is 0 Å². The molecule has 2 N–H and O–H groups in total. The maximum atomic E-state index is 9.19. The van der Waals surface area contributed by atoms with E-state index >= 15 is 0 Å². The molecule has 13 heavy (non-hydrogen) atoms. The van der Waals surface area contributed by atoms with E-state index in [0.717, 1.165) is 19.4 Å². The molecule has 4 heteroatoms. The molecule has 0 aliphatic carbocycles. The number of fused-ring (bicyclic) bond motifs is 1. The van der Waals surface area contributed by atoms with Gasteiger partial charge in [0.15, 0.2) is 0 Å². The third-order valence-corrected chi connectivity index (χ3v) is 3.13. The molecule has 2 rings (SSSR count). The fraction of sp³-hybridized carbons (Fsp3) is 1.00. The maximum Gasteiger partial charge on any atom is 0.109 e. The summed E-state index contributed by atoms with van der Waals surface area (Å²) in [4.78, 5) is 5.54. The zero-order chi connectivity index (χ0) is 9.26. The molecule has 0 aromatic carbocycles.